The first-order valence-electron chi connectivity index (χ1n) is 6.87. The van der Waals surface area contributed by atoms with E-state index >= 15 is 0 Å². The standard InChI is InChI=1S/C16H17F3N2O2/c1-15(2,3)23-14(22)21-8-4-5-13(21)11-7-6-10(20)9-12(11)16(17,18)19/h4-9H,20H2,1-3H3. The Labute approximate surface area is 131 Å². The molecule has 2 N–H and O–H groups in total. The van der Waals surface area contributed by atoms with E-state index in [1.165, 1.54) is 30.5 Å². The number of nitrogens with zero attached hydrogens (tertiary/aromatic N) is 1. The van der Waals surface area contributed by atoms with Gasteiger partial charge in [-0.25, -0.2) is 4.79 Å². The molecule has 1 aromatic heterocycles. The minimum atomic E-state index is -4.59. The molecule has 23 heavy (non-hydrogen) atoms. The van der Waals surface area contributed by atoms with Crippen LogP contribution in [0.15, 0.2) is 36.5 Å². The number of aromatic nitrogens is 1. The summed E-state index contributed by atoms with van der Waals surface area (Å²) in [7, 11) is 0. The lowest BCUT2D eigenvalue weighted by Gasteiger charge is -2.21. The van der Waals surface area contributed by atoms with Gasteiger partial charge in [-0.15, -0.1) is 0 Å². The van der Waals surface area contributed by atoms with Gasteiger partial charge >= 0.3 is 12.3 Å². The van der Waals surface area contributed by atoms with Gasteiger partial charge in [0.1, 0.15) is 5.60 Å². The Morgan fingerprint density at radius 3 is 2.39 bits per heavy atom. The largest absolute Gasteiger partial charge is 0.443 e. The van der Waals surface area contributed by atoms with Crippen molar-refractivity contribution in [1.82, 2.24) is 4.57 Å². The smallest absolute Gasteiger partial charge is 0.418 e. The Kier molecular flexibility index (Phi) is 4.15. The van der Waals surface area contributed by atoms with Crippen molar-refractivity contribution < 1.29 is 22.7 Å². The molecule has 0 amide bonds. The Bertz CT molecular complexity index is 728. The molecule has 0 aliphatic carbocycles. The zero-order valence-electron chi connectivity index (χ0n) is 12.9. The van der Waals surface area contributed by atoms with Crippen molar-refractivity contribution in [2.75, 3.05) is 5.73 Å². The Hall–Kier alpha value is -2.44. The highest BCUT2D eigenvalue weighted by Gasteiger charge is 2.35. The number of benzene rings is 1. The lowest BCUT2D eigenvalue weighted by atomic mass is 10.0. The van der Waals surface area contributed by atoms with E-state index in [2.05, 4.69) is 0 Å². The summed E-state index contributed by atoms with van der Waals surface area (Å²) in [4.78, 5) is 12.2. The predicted octanol–water partition coefficient (Wildman–Crippen LogP) is 4.54. The summed E-state index contributed by atoms with van der Waals surface area (Å²) in [5, 5.41) is 0. The van der Waals surface area contributed by atoms with Crippen LogP contribution in [0.1, 0.15) is 26.3 Å². The maximum absolute atomic E-state index is 13.2. The highest BCUT2D eigenvalue weighted by atomic mass is 19.4. The first-order chi connectivity index (χ1) is 10.5. The fraction of sp³-hybridized carbons (Fsp3) is 0.312. The van der Waals surface area contributed by atoms with Gasteiger partial charge in [0.2, 0.25) is 0 Å². The topological polar surface area (TPSA) is 57.2 Å². The summed E-state index contributed by atoms with van der Waals surface area (Å²) in [5.41, 5.74) is 3.75. The second kappa shape index (κ2) is 5.64. The van der Waals surface area contributed by atoms with E-state index in [1.54, 1.807) is 20.8 Å². The first kappa shape index (κ1) is 16.9. The molecule has 7 heteroatoms. The van der Waals surface area contributed by atoms with Gasteiger partial charge in [-0.3, -0.25) is 4.57 Å². The molecule has 0 atom stereocenters. The number of nitrogen functional groups attached to an aromatic ring is 1. The van der Waals surface area contributed by atoms with Crippen LogP contribution in [0.4, 0.5) is 23.7 Å². The molecule has 0 aliphatic rings. The van der Waals surface area contributed by atoms with Crippen molar-refractivity contribution in [2.45, 2.75) is 32.5 Å². The molecule has 1 heterocycles. The molecule has 0 radical (unpaired) electrons. The van der Waals surface area contributed by atoms with Crippen LogP contribution in [0, 0.1) is 0 Å². The monoisotopic (exact) mass is 326 g/mol. The SMILES string of the molecule is CC(C)(C)OC(=O)n1cccc1-c1ccc(N)cc1C(F)(F)F. The van der Waals surface area contributed by atoms with Gasteiger partial charge in [-0.2, -0.15) is 13.2 Å². The fourth-order valence-corrected chi connectivity index (χ4v) is 2.09. The van der Waals surface area contributed by atoms with Crippen molar-refractivity contribution in [2.24, 2.45) is 0 Å². The van der Waals surface area contributed by atoms with Crippen LogP contribution < -0.4 is 5.73 Å². The molecular weight excluding hydrogens is 309 g/mol. The van der Waals surface area contributed by atoms with Gasteiger partial charge in [0.15, 0.2) is 0 Å². The van der Waals surface area contributed by atoms with Crippen molar-refractivity contribution in [1.29, 1.82) is 0 Å². The van der Waals surface area contributed by atoms with E-state index in [1.807, 2.05) is 0 Å². The third-order valence-corrected chi connectivity index (χ3v) is 2.96. The normalized spacial score (nSPS) is 12.3. The molecule has 0 saturated carbocycles. The molecule has 0 spiro atoms. The van der Waals surface area contributed by atoms with E-state index < -0.39 is 23.4 Å². The number of hydrogen-bond donors (Lipinski definition) is 1. The maximum Gasteiger partial charge on any atom is 0.418 e. The second-order valence-electron chi connectivity index (χ2n) is 6.05. The van der Waals surface area contributed by atoms with Gasteiger partial charge in [0.25, 0.3) is 0 Å². The molecule has 4 nitrogen and oxygen atoms in total. The lowest BCUT2D eigenvalue weighted by Crippen LogP contribution is -2.27. The van der Waals surface area contributed by atoms with E-state index in [0.29, 0.717) is 0 Å². The zero-order valence-corrected chi connectivity index (χ0v) is 12.9. The molecule has 0 bridgehead atoms. The number of alkyl halides is 3. The molecule has 0 aliphatic heterocycles. The zero-order chi connectivity index (χ0) is 17.4. The van der Waals surface area contributed by atoms with Crippen LogP contribution in [0.25, 0.3) is 11.3 Å². The number of halogens is 3. The minimum absolute atomic E-state index is 0.00329. The number of carbonyl (C=O) groups is 1. The van der Waals surface area contributed by atoms with Gasteiger partial charge in [0.05, 0.1) is 11.3 Å². The molecule has 0 unspecified atom stereocenters. The number of carbonyl (C=O) groups excluding carboxylic acids is 1. The molecule has 1 aromatic carbocycles. The number of anilines is 1. The fourth-order valence-electron chi connectivity index (χ4n) is 2.09. The highest BCUT2D eigenvalue weighted by molar-refractivity contribution is 5.80. The summed E-state index contributed by atoms with van der Waals surface area (Å²) < 4.78 is 46.0. The van der Waals surface area contributed by atoms with Crippen molar-refractivity contribution in [3.05, 3.63) is 42.1 Å². The summed E-state index contributed by atoms with van der Waals surface area (Å²) in [5.74, 6) is 0. The van der Waals surface area contributed by atoms with Gasteiger partial charge in [0, 0.05) is 17.4 Å². The van der Waals surface area contributed by atoms with Crippen molar-refractivity contribution in [3.63, 3.8) is 0 Å². The molecule has 0 saturated heterocycles. The van der Waals surface area contributed by atoms with Crippen LogP contribution in [-0.2, 0) is 10.9 Å². The lowest BCUT2D eigenvalue weighted by molar-refractivity contribution is -0.137. The van der Waals surface area contributed by atoms with Gasteiger partial charge in [-0.1, -0.05) is 6.07 Å². The molecule has 2 aromatic rings. The molecule has 124 valence electrons. The van der Waals surface area contributed by atoms with E-state index in [-0.39, 0.29) is 16.9 Å². The number of ether oxygens (including phenoxy) is 1. The van der Waals surface area contributed by atoms with Gasteiger partial charge in [-0.05, 0) is 45.0 Å². The summed E-state index contributed by atoms with van der Waals surface area (Å²) in [6, 6.07) is 6.35. The maximum atomic E-state index is 13.2. The summed E-state index contributed by atoms with van der Waals surface area (Å²) in [6.45, 7) is 5.04. The third-order valence-electron chi connectivity index (χ3n) is 2.96. The second-order valence-corrected chi connectivity index (χ2v) is 6.05. The summed E-state index contributed by atoms with van der Waals surface area (Å²) in [6.07, 6.45) is -3.98. The van der Waals surface area contributed by atoms with Crippen LogP contribution in [-0.4, -0.2) is 16.3 Å². The molecule has 0 fully saturated rings. The predicted molar refractivity (Wildman–Crippen MR) is 80.9 cm³/mol. The van der Waals surface area contributed by atoms with E-state index in [4.69, 9.17) is 10.5 Å². The van der Waals surface area contributed by atoms with Crippen LogP contribution in [0.3, 0.4) is 0 Å². The number of rotatable bonds is 1. The first-order valence-corrected chi connectivity index (χ1v) is 6.87. The van der Waals surface area contributed by atoms with Crippen LogP contribution in [0.5, 0.6) is 0 Å². The Morgan fingerprint density at radius 1 is 1.17 bits per heavy atom. The third kappa shape index (κ3) is 3.85. The minimum Gasteiger partial charge on any atom is -0.443 e. The molecule has 2 rings (SSSR count). The summed E-state index contributed by atoms with van der Waals surface area (Å²) >= 11 is 0. The number of nitrogens with two attached hydrogens (primary N) is 1. The van der Waals surface area contributed by atoms with E-state index in [9.17, 15) is 18.0 Å². The van der Waals surface area contributed by atoms with Gasteiger partial charge < -0.3 is 10.5 Å². The quantitative estimate of drug-likeness (QED) is 0.783. The average molecular weight is 326 g/mol. The molecular formula is C16H17F3N2O2. The van der Waals surface area contributed by atoms with E-state index in [0.717, 1.165) is 10.6 Å². The highest BCUT2D eigenvalue weighted by Crippen LogP contribution is 2.38. The Morgan fingerprint density at radius 2 is 1.83 bits per heavy atom. The number of hydrogen-bond acceptors (Lipinski definition) is 3. The van der Waals surface area contributed by atoms with Crippen molar-refractivity contribution >= 4 is 11.8 Å². The van der Waals surface area contributed by atoms with Crippen LogP contribution >= 0.6 is 0 Å². The van der Waals surface area contributed by atoms with Crippen LogP contribution in [0.2, 0.25) is 0 Å². The Balaban J connectivity index is 2.54. The van der Waals surface area contributed by atoms with Crippen molar-refractivity contribution in [3.8, 4) is 11.3 Å². The average Bonchev–Trinajstić information content (AvgIpc) is 2.84.